The number of halogens is 2. The zero-order valence-corrected chi connectivity index (χ0v) is 9.53. The van der Waals surface area contributed by atoms with Crippen molar-refractivity contribution in [2.75, 3.05) is 0 Å². The van der Waals surface area contributed by atoms with E-state index >= 15 is 0 Å². The van der Waals surface area contributed by atoms with Gasteiger partial charge in [0.2, 0.25) is 0 Å². The molecule has 0 aliphatic heterocycles. The van der Waals surface area contributed by atoms with Crippen molar-refractivity contribution in [3.63, 3.8) is 0 Å². The van der Waals surface area contributed by atoms with E-state index in [4.69, 9.17) is 0 Å². The third kappa shape index (κ3) is 3.01. The fourth-order valence-corrected chi connectivity index (χ4v) is 2.16. The third-order valence-corrected chi connectivity index (χ3v) is 2.96. The third-order valence-electron chi connectivity index (χ3n) is 2.26. The van der Waals surface area contributed by atoms with E-state index in [1.807, 2.05) is 10.8 Å². The molecule has 2 nitrogen and oxygen atoms in total. The average molecular weight is 256 g/mol. The molecule has 0 saturated carbocycles. The minimum Gasteiger partial charge on any atom is -0.435 e. The van der Waals surface area contributed by atoms with E-state index < -0.39 is 12.7 Å². The fourth-order valence-electron chi connectivity index (χ4n) is 1.48. The molecule has 0 radical (unpaired) electrons. The van der Waals surface area contributed by atoms with E-state index in [-0.39, 0.29) is 5.75 Å². The first kappa shape index (κ1) is 12.0. The second-order valence-electron chi connectivity index (χ2n) is 3.41. The maximum Gasteiger partial charge on any atom is 0.387 e. The van der Waals surface area contributed by atoms with Crippen LogP contribution in [0.4, 0.5) is 8.78 Å². The summed E-state index contributed by atoms with van der Waals surface area (Å²) in [6, 6.07) is 7.86. The van der Waals surface area contributed by atoms with E-state index in [0.717, 1.165) is 5.56 Å². The molecule has 5 heteroatoms. The second-order valence-corrected chi connectivity index (χ2v) is 4.19. The van der Waals surface area contributed by atoms with Crippen LogP contribution in [0.25, 0.3) is 0 Å². The molecule has 2 rings (SSSR count). The number of benzene rings is 1. The Morgan fingerprint density at radius 1 is 1.18 bits per heavy atom. The number of aliphatic hydroxyl groups excluding tert-OH is 1. The van der Waals surface area contributed by atoms with Crippen molar-refractivity contribution in [1.82, 2.24) is 0 Å². The largest absolute Gasteiger partial charge is 0.435 e. The smallest absolute Gasteiger partial charge is 0.387 e. The van der Waals surface area contributed by atoms with Gasteiger partial charge in [0.1, 0.15) is 11.9 Å². The summed E-state index contributed by atoms with van der Waals surface area (Å²) in [6.07, 6.45) is -0.817. The van der Waals surface area contributed by atoms with Crippen molar-refractivity contribution in [3.8, 4) is 5.75 Å². The summed E-state index contributed by atoms with van der Waals surface area (Å²) in [5.41, 5.74) is 1.27. The number of hydrogen-bond donors (Lipinski definition) is 1. The fraction of sp³-hybridized carbons (Fsp3) is 0.167. The summed E-state index contributed by atoms with van der Waals surface area (Å²) in [5, 5.41) is 13.7. The van der Waals surface area contributed by atoms with E-state index in [2.05, 4.69) is 4.74 Å². The minimum absolute atomic E-state index is 0.0479. The Morgan fingerprint density at radius 2 is 2.00 bits per heavy atom. The van der Waals surface area contributed by atoms with Crippen LogP contribution < -0.4 is 4.74 Å². The molecule has 1 atom stereocenters. The topological polar surface area (TPSA) is 29.5 Å². The SMILES string of the molecule is OC(c1ccsc1)c1cccc(OC(F)F)c1. The Bertz CT molecular complexity index is 471. The molecule has 0 aliphatic rings. The molecular formula is C12H10F2O2S. The summed E-state index contributed by atoms with van der Waals surface area (Å²) in [5.74, 6) is 0.0479. The first-order valence-corrected chi connectivity index (χ1v) is 5.86. The number of alkyl halides is 2. The maximum atomic E-state index is 12.0. The second kappa shape index (κ2) is 5.25. The van der Waals surface area contributed by atoms with Crippen LogP contribution in [-0.2, 0) is 0 Å². The number of rotatable bonds is 4. The van der Waals surface area contributed by atoms with Crippen molar-refractivity contribution in [3.05, 3.63) is 52.2 Å². The molecule has 1 aromatic carbocycles. The molecule has 90 valence electrons. The summed E-state index contributed by atoms with van der Waals surface area (Å²) < 4.78 is 28.4. The first-order chi connectivity index (χ1) is 8.16. The van der Waals surface area contributed by atoms with Gasteiger partial charge in [-0.25, -0.2) is 0 Å². The van der Waals surface area contributed by atoms with Gasteiger partial charge in [-0.2, -0.15) is 20.1 Å². The molecule has 0 fully saturated rings. The minimum atomic E-state index is -2.86. The number of thiophene rings is 1. The Hall–Kier alpha value is -1.46. The van der Waals surface area contributed by atoms with Crippen LogP contribution in [-0.4, -0.2) is 11.7 Å². The highest BCUT2D eigenvalue weighted by molar-refractivity contribution is 7.07. The average Bonchev–Trinajstić information content (AvgIpc) is 2.81. The van der Waals surface area contributed by atoms with Crippen LogP contribution in [0.1, 0.15) is 17.2 Å². The summed E-state index contributed by atoms with van der Waals surface area (Å²) in [7, 11) is 0. The summed E-state index contributed by atoms with van der Waals surface area (Å²) in [4.78, 5) is 0. The van der Waals surface area contributed by atoms with Crippen LogP contribution in [0.3, 0.4) is 0 Å². The van der Waals surface area contributed by atoms with E-state index in [1.165, 1.54) is 23.5 Å². The van der Waals surface area contributed by atoms with Gasteiger partial charge in [-0.1, -0.05) is 12.1 Å². The summed E-state index contributed by atoms with van der Waals surface area (Å²) >= 11 is 1.47. The van der Waals surface area contributed by atoms with Gasteiger partial charge in [0, 0.05) is 0 Å². The van der Waals surface area contributed by atoms with Crippen LogP contribution in [0.5, 0.6) is 5.75 Å². The monoisotopic (exact) mass is 256 g/mol. The number of aliphatic hydroxyl groups is 1. The lowest BCUT2D eigenvalue weighted by molar-refractivity contribution is -0.0499. The molecule has 0 spiro atoms. The number of hydrogen-bond acceptors (Lipinski definition) is 3. The zero-order chi connectivity index (χ0) is 12.3. The summed E-state index contributed by atoms with van der Waals surface area (Å²) in [6.45, 7) is -2.86. The van der Waals surface area contributed by atoms with Gasteiger partial charge in [-0.15, -0.1) is 0 Å². The highest BCUT2D eigenvalue weighted by atomic mass is 32.1. The maximum absolute atomic E-state index is 12.0. The van der Waals surface area contributed by atoms with Gasteiger partial charge in [0.25, 0.3) is 0 Å². The quantitative estimate of drug-likeness (QED) is 0.908. The van der Waals surface area contributed by atoms with Gasteiger partial charge in [-0.05, 0) is 40.1 Å². The van der Waals surface area contributed by atoms with Crippen molar-refractivity contribution < 1.29 is 18.6 Å². The molecule has 2 aromatic rings. The predicted molar refractivity (Wildman–Crippen MR) is 61.5 cm³/mol. The zero-order valence-electron chi connectivity index (χ0n) is 8.72. The van der Waals surface area contributed by atoms with Crippen molar-refractivity contribution in [2.45, 2.75) is 12.7 Å². The lowest BCUT2D eigenvalue weighted by atomic mass is 10.0. The van der Waals surface area contributed by atoms with Crippen LogP contribution in [0, 0.1) is 0 Å². The van der Waals surface area contributed by atoms with Gasteiger partial charge in [0.15, 0.2) is 0 Å². The molecular weight excluding hydrogens is 246 g/mol. The molecule has 0 saturated heterocycles. The highest BCUT2D eigenvalue weighted by Gasteiger charge is 2.12. The van der Waals surface area contributed by atoms with Crippen molar-refractivity contribution in [1.29, 1.82) is 0 Å². The number of ether oxygens (including phenoxy) is 1. The van der Waals surface area contributed by atoms with E-state index in [1.54, 1.807) is 18.2 Å². The van der Waals surface area contributed by atoms with E-state index in [0.29, 0.717) is 5.56 Å². The molecule has 1 aromatic heterocycles. The highest BCUT2D eigenvalue weighted by Crippen LogP contribution is 2.26. The Morgan fingerprint density at radius 3 is 2.65 bits per heavy atom. The first-order valence-electron chi connectivity index (χ1n) is 4.92. The van der Waals surface area contributed by atoms with Crippen LogP contribution in [0.2, 0.25) is 0 Å². The van der Waals surface area contributed by atoms with Gasteiger partial charge >= 0.3 is 6.61 Å². The van der Waals surface area contributed by atoms with Crippen LogP contribution in [0.15, 0.2) is 41.1 Å². The lowest BCUT2D eigenvalue weighted by Gasteiger charge is -2.11. The molecule has 0 amide bonds. The predicted octanol–water partition coefficient (Wildman–Crippen LogP) is 3.43. The standard InChI is InChI=1S/C12H10F2O2S/c13-12(14)16-10-3-1-2-8(6-10)11(15)9-4-5-17-7-9/h1-7,11-12,15H. The van der Waals surface area contributed by atoms with Crippen molar-refractivity contribution >= 4 is 11.3 Å². The normalized spacial score (nSPS) is 12.7. The molecule has 1 heterocycles. The van der Waals surface area contributed by atoms with Gasteiger partial charge in [-0.3, -0.25) is 0 Å². The Kier molecular flexibility index (Phi) is 3.71. The van der Waals surface area contributed by atoms with E-state index in [9.17, 15) is 13.9 Å². The molecule has 0 aliphatic carbocycles. The van der Waals surface area contributed by atoms with Crippen molar-refractivity contribution in [2.24, 2.45) is 0 Å². The van der Waals surface area contributed by atoms with Gasteiger partial charge in [0.05, 0.1) is 0 Å². The molecule has 0 bridgehead atoms. The Balaban J connectivity index is 2.21. The van der Waals surface area contributed by atoms with Gasteiger partial charge < -0.3 is 9.84 Å². The molecule has 1 N–H and O–H groups in total. The van der Waals surface area contributed by atoms with Crippen LogP contribution >= 0.6 is 11.3 Å². The molecule has 1 unspecified atom stereocenters. The molecule has 17 heavy (non-hydrogen) atoms. The Labute approximate surface area is 101 Å². The lowest BCUT2D eigenvalue weighted by Crippen LogP contribution is -2.03.